The molecule has 2 N–H and O–H groups in total. The van der Waals surface area contributed by atoms with E-state index in [1.165, 1.54) is 69.9 Å². The van der Waals surface area contributed by atoms with Crippen molar-refractivity contribution in [2.45, 2.75) is 77.7 Å². The van der Waals surface area contributed by atoms with Crippen LogP contribution in [0.1, 0.15) is 76.7 Å². The van der Waals surface area contributed by atoms with Crippen molar-refractivity contribution in [2.75, 3.05) is 6.54 Å². The second-order valence-corrected chi connectivity index (χ2v) is 6.83. The van der Waals surface area contributed by atoms with Crippen molar-refractivity contribution in [1.82, 2.24) is 10.6 Å². The maximum atomic E-state index is 12.8. The van der Waals surface area contributed by atoms with Gasteiger partial charge in [0.1, 0.15) is 5.82 Å². The minimum atomic E-state index is -0.208. The molecule has 0 aliphatic carbocycles. The molecule has 1 aromatic rings. The highest BCUT2D eigenvalue weighted by molar-refractivity contribution is 7.80. The molecule has 0 aliphatic rings. The summed E-state index contributed by atoms with van der Waals surface area (Å²) in [6.45, 7) is 3.81. The van der Waals surface area contributed by atoms with E-state index >= 15 is 0 Å². The Hall–Kier alpha value is -1.16. The van der Waals surface area contributed by atoms with E-state index in [1.54, 1.807) is 12.1 Å². The van der Waals surface area contributed by atoms with Crippen molar-refractivity contribution in [3.8, 4) is 0 Å². The standard InChI is InChI=1S/C20H33FN2S/c1-2-3-4-5-6-7-8-9-10-11-16-22-20(24)23-17-18-12-14-19(21)15-13-18/h12-15H,2-11,16-17H2,1H3,(H2,22,23,24). The molecule has 2 nitrogen and oxygen atoms in total. The first-order chi connectivity index (χ1) is 11.7. The molecule has 24 heavy (non-hydrogen) atoms. The quantitative estimate of drug-likeness (QED) is 0.351. The lowest BCUT2D eigenvalue weighted by Crippen LogP contribution is -2.35. The minimum absolute atomic E-state index is 0.208. The zero-order valence-corrected chi connectivity index (χ0v) is 15.9. The number of rotatable bonds is 13. The number of hydrogen-bond donors (Lipinski definition) is 2. The van der Waals surface area contributed by atoms with Crippen molar-refractivity contribution in [3.63, 3.8) is 0 Å². The normalized spacial score (nSPS) is 10.6. The second-order valence-electron chi connectivity index (χ2n) is 6.42. The predicted octanol–water partition coefficient (Wildman–Crippen LogP) is 5.71. The topological polar surface area (TPSA) is 24.1 Å². The van der Waals surface area contributed by atoms with Gasteiger partial charge in [0.25, 0.3) is 0 Å². The predicted molar refractivity (Wildman–Crippen MR) is 106 cm³/mol. The zero-order valence-electron chi connectivity index (χ0n) is 15.1. The lowest BCUT2D eigenvalue weighted by Gasteiger charge is -2.10. The summed E-state index contributed by atoms with van der Waals surface area (Å²) in [6.07, 6.45) is 13.4. The Labute approximate surface area is 152 Å². The summed E-state index contributed by atoms with van der Waals surface area (Å²) >= 11 is 5.25. The summed E-state index contributed by atoms with van der Waals surface area (Å²) in [5.41, 5.74) is 1.03. The summed E-state index contributed by atoms with van der Waals surface area (Å²) in [5, 5.41) is 7.06. The van der Waals surface area contributed by atoms with Gasteiger partial charge in [0.2, 0.25) is 0 Å². The van der Waals surface area contributed by atoms with Crippen molar-refractivity contribution >= 4 is 17.3 Å². The number of thiocarbonyl (C=S) groups is 1. The summed E-state index contributed by atoms with van der Waals surface area (Å²) < 4.78 is 12.8. The molecular formula is C20H33FN2S. The molecule has 0 bridgehead atoms. The van der Waals surface area contributed by atoms with E-state index in [1.807, 2.05) is 0 Å². The minimum Gasteiger partial charge on any atom is -0.363 e. The maximum Gasteiger partial charge on any atom is 0.166 e. The molecule has 0 fully saturated rings. The van der Waals surface area contributed by atoms with Crippen LogP contribution in [0.5, 0.6) is 0 Å². The number of hydrogen-bond acceptors (Lipinski definition) is 1. The molecule has 0 saturated heterocycles. The van der Waals surface area contributed by atoms with Gasteiger partial charge in [-0.05, 0) is 36.3 Å². The third-order valence-corrected chi connectivity index (χ3v) is 4.47. The van der Waals surface area contributed by atoms with E-state index in [0.29, 0.717) is 11.7 Å². The Morgan fingerprint density at radius 1 is 0.833 bits per heavy atom. The number of halogens is 1. The SMILES string of the molecule is CCCCCCCCCCCCNC(=S)NCc1ccc(F)cc1. The Morgan fingerprint density at radius 2 is 1.38 bits per heavy atom. The third-order valence-electron chi connectivity index (χ3n) is 4.18. The molecule has 0 atom stereocenters. The van der Waals surface area contributed by atoms with Gasteiger partial charge in [-0.2, -0.15) is 0 Å². The summed E-state index contributed by atoms with van der Waals surface area (Å²) in [6, 6.07) is 6.48. The van der Waals surface area contributed by atoms with E-state index < -0.39 is 0 Å². The second kappa shape index (κ2) is 14.2. The molecule has 0 unspecified atom stereocenters. The Morgan fingerprint density at radius 3 is 1.96 bits per heavy atom. The summed E-state index contributed by atoms with van der Waals surface area (Å²) in [7, 11) is 0. The van der Waals surface area contributed by atoms with E-state index in [-0.39, 0.29) is 5.82 Å². The Balaban J connectivity index is 1.88. The molecule has 0 spiro atoms. The highest BCUT2D eigenvalue weighted by atomic mass is 32.1. The van der Waals surface area contributed by atoms with Gasteiger partial charge in [0.05, 0.1) is 0 Å². The van der Waals surface area contributed by atoms with Crippen molar-refractivity contribution in [3.05, 3.63) is 35.6 Å². The number of nitrogens with one attached hydrogen (secondary N) is 2. The average Bonchev–Trinajstić information content (AvgIpc) is 2.59. The lowest BCUT2D eigenvalue weighted by atomic mass is 10.1. The van der Waals surface area contributed by atoms with Crippen LogP contribution in [-0.4, -0.2) is 11.7 Å². The van der Waals surface area contributed by atoms with Crippen molar-refractivity contribution in [2.24, 2.45) is 0 Å². The fraction of sp³-hybridized carbons (Fsp3) is 0.650. The molecule has 0 aliphatic heterocycles. The molecule has 136 valence electrons. The molecular weight excluding hydrogens is 319 g/mol. The third kappa shape index (κ3) is 11.4. The first kappa shape index (κ1) is 20.9. The van der Waals surface area contributed by atoms with Crippen LogP contribution in [-0.2, 0) is 6.54 Å². The van der Waals surface area contributed by atoms with Gasteiger partial charge in [-0.25, -0.2) is 4.39 Å². The van der Waals surface area contributed by atoms with Crippen LogP contribution in [0.2, 0.25) is 0 Å². The molecule has 1 rings (SSSR count). The van der Waals surface area contributed by atoms with Crippen molar-refractivity contribution in [1.29, 1.82) is 0 Å². The van der Waals surface area contributed by atoms with Crippen LogP contribution < -0.4 is 10.6 Å². The summed E-state index contributed by atoms with van der Waals surface area (Å²) in [5.74, 6) is -0.208. The number of unbranched alkanes of at least 4 members (excludes halogenated alkanes) is 9. The van der Waals surface area contributed by atoms with Gasteiger partial charge in [-0.3, -0.25) is 0 Å². The van der Waals surface area contributed by atoms with Crippen LogP contribution >= 0.6 is 12.2 Å². The van der Waals surface area contributed by atoms with Crippen LogP contribution in [0.4, 0.5) is 4.39 Å². The van der Waals surface area contributed by atoms with E-state index in [2.05, 4.69) is 17.6 Å². The first-order valence-corrected chi connectivity index (χ1v) is 9.89. The molecule has 0 amide bonds. The molecule has 4 heteroatoms. The van der Waals surface area contributed by atoms with Gasteiger partial charge in [-0.1, -0.05) is 76.8 Å². The molecule has 1 aromatic carbocycles. The van der Waals surface area contributed by atoms with Gasteiger partial charge in [0, 0.05) is 13.1 Å². The van der Waals surface area contributed by atoms with Crippen LogP contribution in [0, 0.1) is 5.82 Å². The largest absolute Gasteiger partial charge is 0.363 e. The van der Waals surface area contributed by atoms with Crippen molar-refractivity contribution < 1.29 is 4.39 Å². The lowest BCUT2D eigenvalue weighted by molar-refractivity contribution is 0.554. The molecule has 0 aromatic heterocycles. The average molecular weight is 353 g/mol. The smallest absolute Gasteiger partial charge is 0.166 e. The van der Waals surface area contributed by atoms with Crippen LogP contribution in [0.3, 0.4) is 0 Å². The number of benzene rings is 1. The summed E-state index contributed by atoms with van der Waals surface area (Å²) in [4.78, 5) is 0. The zero-order chi connectivity index (χ0) is 17.5. The van der Waals surface area contributed by atoms with Gasteiger partial charge in [-0.15, -0.1) is 0 Å². The monoisotopic (exact) mass is 352 g/mol. The van der Waals surface area contributed by atoms with Gasteiger partial charge < -0.3 is 10.6 Å². The van der Waals surface area contributed by atoms with Gasteiger partial charge >= 0.3 is 0 Å². The first-order valence-electron chi connectivity index (χ1n) is 9.48. The maximum absolute atomic E-state index is 12.8. The molecule has 0 heterocycles. The highest BCUT2D eigenvalue weighted by Gasteiger charge is 1.97. The van der Waals surface area contributed by atoms with Gasteiger partial charge in [0.15, 0.2) is 5.11 Å². The van der Waals surface area contributed by atoms with E-state index in [9.17, 15) is 4.39 Å². The molecule has 0 radical (unpaired) electrons. The van der Waals surface area contributed by atoms with E-state index in [0.717, 1.165) is 18.5 Å². The fourth-order valence-electron chi connectivity index (χ4n) is 2.66. The fourth-order valence-corrected chi connectivity index (χ4v) is 2.84. The van der Waals surface area contributed by atoms with Crippen LogP contribution in [0.25, 0.3) is 0 Å². The highest BCUT2D eigenvalue weighted by Crippen LogP contribution is 2.10. The Bertz CT molecular complexity index is 434. The molecule has 0 saturated carbocycles. The van der Waals surface area contributed by atoms with E-state index in [4.69, 9.17) is 12.2 Å². The Kier molecular flexibility index (Phi) is 12.4. The van der Waals surface area contributed by atoms with Crippen LogP contribution in [0.15, 0.2) is 24.3 Å².